The zero-order valence-corrected chi connectivity index (χ0v) is 32.7. The van der Waals surface area contributed by atoms with Gasteiger partial charge in [-0.3, -0.25) is 14.5 Å². The van der Waals surface area contributed by atoms with Crippen LogP contribution in [-0.4, -0.2) is 52.7 Å². The fourth-order valence-electron chi connectivity index (χ4n) is 7.10. The van der Waals surface area contributed by atoms with E-state index in [0.29, 0.717) is 56.6 Å². The number of nitrogen functional groups attached to an aromatic ring is 1. The van der Waals surface area contributed by atoms with E-state index in [0.717, 1.165) is 38.9 Å². The first-order valence-electron chi connectivity index (χ1n) is 19.7. The molecule has 0 spiro atoms. The highest BCUT2D eigenvalue weighted by Gasteiger charge is 2.34. The number of nitrogens with two attached hydrogens (primary N) is 1. The van der Waals surface area contributed by atoms with Crippen molar-refractivity contribution in [2.24, 2.45) is 0 Å². The summed E-state index contributed by atoms with van der Waals surface area (Å²) in [5.74, 6) is -0.187. The minimum atomic E-state index is -0.652. The third-order valence-electron chi connectivity index (χ3n) is 10.6. The highest BCUT2D eigenvalue weighted by molar-refractivity contribution is 5.93. The summed E-state index contributed by atoms with van der Waals surface area (Å²) in [5, 5.41) is 26.6. The van der Waals surface area contributed by atoms with Gasteiger partial charge in [0.2, 0.25) is 11.8 Å². The van der Waals surface area contributed by atoms with Crippen molar-refractivity contribution in [1.82, 2.24) is 10.2 Å². The molecule has 0 unspecified atom stereocenters. The van der Waals surface area contributed by atoms with E-state index >= 15 is 0 Å². The Bertz CT molecular complexity index is 2060. The molecule has 6 rings (SSSR count). The molecule has 5 atom stereocenters. The number of ether oxygens (including phenoxy) is 2. The number of para-hydroxylation sites is 2. The Morgan fingerprint density at radius 2 is 1.47 bits per heavy atom. The molecular weight excluding hydrogens is 717 g/mol. The summed E-state index contributed by atoms with van der Waals surface area (Å²) < 4.78 is 13.3. The Kier molecular flexibility index (Phi) is 14.6. The van der Waals surface area contributed by atoms with Gasteiger partial charge in [-0.15, -0.1) is 0 Å². The summed E-state index contributed by atoms with van der Waals surface area (Å²) in [7, 11) is 2.01. The van der Waals surface area contributed by atoms with Gasteiger partial charge in [0, 0.05) is 44.0 Å². The third-order valence-corrected chi connectivity index (χ3v) is 10.6. The van der Waals surface area contributed by atoms with Gasteiger partial charge in [-0.2, -0.15) is 0 Å². The van der Waals surface area contributed by atoms with Crippen molar-refractivity contribution >= 4 is 23.2 Å². The Morgan fingerprint density at radius 3 is 2.21 bits per heavy atom. The number of likely N-dealkylation sites (N-methyl/N-ethyl adjacent to an activating group) is 1. The van der Waals surface area contributed by atoms with Gasteiger partial charge in [0.05, 0.1) is 36.3 Å². The number of anilines is 2. The fraction of sp³-hybridized carbons (Fsp3) is 0.319. The van der Waals surface area contributed by atoms with E-state index in [2.05, 4.69) is 33.7 Å². The highest BCUT2D eigenvalue weighted by atomic mass is 16.7. The number of aliphatic hydroxyl groups excluding tert-OH is 2. The Morgan fingerprint density at radius 1 is 0.789 bits per heavy atom. The molecule has 1 aliphatic rings. The molecule has 5 aromatic rings. The monoisotopic (exact) mass is 770 g/mol. The minimum Gasteiger partial charge on any atom is -0.397 e. The van der Waals surface area contributed by atoms with Crippen molar-refractivity contribution in [3.63, 3.8) is 0 Å². The molecule has 57 heavy (non-hydrogen) atoms. The molecule has 298 valence electrons. The Balaban J connectivity index is 1.07. The number of unbranched alkanes of at least 4 members (excludes halogenated alkanes) is 1. The molecule has 5 aromatic carbocycles. The molecule has 0 aromatic heterocycles. The van der Waals surface area contributed by atoms with Gasteiger partial charge >= 0.3 is 0 Å². The lowest BCUT2D eigenvalue weighted by Crippen LogP contribution is -2.43. The van der Waals surface area contributed by atoms with Crippen molar-refractivity contribution in [3.05, 3.63) is 155 Å². The van der Waals surface area contributed by atoms with Crippen LogP contribution in [0.5, 0.6) is 0 Å². The van der Waals surface area contributed by atoms with E-state index in [1.165, 1.54) is 0 Å². The lowest BCUT2D eigenvalue weighted by atomic mass is 9.97. The number of nitrogens with one attached hydrogen (secondary N) is 2. The smallest absolute Gasteiger partial charge is 0.224 e. The zero-order valence-electron chi connectivity index (χ0n) is 32.7. The molecule has 0 radical (unpaired) electrons. The maximum Gasteiger partial charge on any atom is 0.224 e. The first-order valence-corrected chi connectivity index (χ1v) is 19.7. The van der Waals surface area contributed by atoms with Crippen LogP contribution in [0.3, 0.4) is 0 Å². The Labute approximate surface area is 335 Å². The van der Waals surface area contributed by atoms with Gasteiger partial charge in [-0.05, 0) is 84.5 Å². The number of hydrogen-bond acceptors (Lipinski definition) is 8. The summed E-state index contributed by atoms with van der Waals surface area (Å²) in [4.78, 5) is 27.1. The van der Waals surface area contributed by atoms with Crippen molar-refractivity contribution in [2.75, 3.05) is 24.6 Å². The second-order valence-electron chi connectivity index (χ2n) is 14.8. The molecule has 10 heteroatoms. The lowest BCUT2D eigenvalue weighted by molar-refractivity contribution is -0.253. The summed E-state index contributed by atoms with van der Waals surface area (Å²) >= 11 is 0. The summed E-state index contributed by atoms with van der Waals surface area (Å²) in [6.07, 6.45) is 0.737. The van der Waals surface area contributed by atoms with Gasteiger partial charge in [-0.25, -0.2) is 0 Å². The van der Waals surface area contributed by atoms with Crippen LogP contribution in [0.1, 0.15) is 85.3 Å². The zero-order chi connectivity index (χ0) is 40.1. The number of aliphatic hydroxyl groups is 2. The normalized spacial score (nSPS) is 17.8. The van der Waals surface area contributed by atoms with Crippen LogP contribution in [0.4, 0.5) is 11.4 Å². The first-order chi connectivity index (χ1) is 27.7. The van der Waals surface area contributed by atoms with Crippen LogP contribution in [0, 0.1) is 0 Å². The Hall–Kier alpha value is -5.36. The van der Waals surface area contributed by atoms with E-state index in [9.17, 15) is 19.8 Å². The molecule has 2 amide bonds. The number of nitrogens with zero attached hydrogens (tertiary/aromatic N) is 1. The highest BCUT2D eigenvalue weighted by Crippen LogP contribution is 2.39. The number of carbonyl (C=O) groups excluding carboxylic acids is 2. The molecule has 6 N–H and O–H groups in total. The molecule has 1 aliphatic heterocycles. The van der Waals surface area contributed by atoms with Crippen molar-refractivity contribution in [2.45, 2.75) is 82.8 Å². The quantitative estimate of drug-likeness (QED) is 0.0475. The molecule has 1 fully saturated rings. The predicted molar refractivity (Wildman–Crippen MR) is 224 cm³/mol. The second-order valence-corrected chi connectivity index (χ2v) is 14.8. The number of carbonyl (C=O) groups is 2. The molecule has 0 aliphatic carbocycles. The molecule has 1 heterocycles. The predicted octanol–water partition coefficient (Wildman–Crippen LogP) is 7.84. The largest absolute Gasteiger partial charge is 0.397 e. The van der Waals surface area contributed by atoms with Crippen LogP contribution in [-0.2, 0) is 32.2 Å². The van der Waals surface area contributed by atoms with Crippen LogP contribution in [0.25, 0.3) is 11.1 Å². The maximum atomic E-state index is 12.7. The average Bonchev–Trinajstić information content (AvgIpc) is 3.25. The van der Waals surface area contributed by atoms with E-state index in [1.54, 1.807) is 12.1 Å². The first kappa shape index (κ1) is 41.3. The summed E-state index contributed by atoms with van der Waals surface area (Å²) in [6.45, 7) is 2.97. The van der Waals surface area contributed by atoms with E-state index < -0.39 is 12.4 Å². The average molecular weight is 771 g/mol. The van der Waals surface area contributed by atoms with Crippen molar-refractivity contribution < 1.29 is 29.3 Å². The van der Waals surface area contributed by atoms with Gasteiger partial charge in [-0.1, -0.05) is 103 Å². The van der Waals surface area contributed by atoms with Gasteiger partial charge in [0.25, 0.3) is 0 Å². The van der Waals surface area contributed by atoms with Crippen LogP contribution in [0.15, 0.2) is 127 Å². The number of hydrogen-bond donors (Lipinski definition) is 5. The topological polar surface area (TPSA) is 146 Å². The van der Waals surface area contributed by atoms with Crippen LogP contribution >= 0.6 is 0 Å². The van der Waals surface area contributed by atoms with Gasteiger partial charge < -0.3 is 36.1 Å². The SMILES string of the molecule is C[C@@H]([C@H](O)c1ccccc1)N(C)C[C@H]1C[C@@H](c2ccc(CO)cc2)O[C@@H](c2cccc(-c3cccc(CNC(=O)CCCCC(=O)Nc4ccccc4N)c3)c2)O1. The molecular formula is C47H54N4O6. The standard InChI is InChI=1S/C47H54N4O6/c1-32(46(55)36-13-4-3-5-14-36)51(2)30-40-28-43(35-24-22-33(31-52)23-25-35)57-47(56-40)39-17-11-16-38(27-39)37-15-10-12-34(26-37)29-49-44(53)20-8-9-21-45(54)50-42-19-7-6-18-41(42)48/h3-7,10-19,22-27,32,40,43,46-47,52,55H,8-9,20-21,28-31,48H2,1-2H3,(H,49,53)(H,50,54)/t32-,40+,43-,46-,47-/m0/s1. The van der Waals surface area contributed by atoms with Crippen LogP contribution < -0.4 is 16.4 Å². The van der Waals surface area contributed by atoms with Crippen LogP contribution in [0.2, 0.25) is 0 Å². The summed E-state index contributed by atoms with van der Waals surface area (Å²) in [5.41, 5.74) is 13.6. The van der Waals surface area contributed by atoms with Crippen molar-refractivity contribution in [3.8, 4) is 11.1 Å². The lowest BCUT2D eigenvalue weighted by Gasteiger charge is -2.39. The van der Waals surface area contributed by atoms with E-state index in [-0.39, 0.29) is 36.7 Å². The van der Waals surface area contributed by atoms with E-state index in [1.807, 2.05) is 111 Å². The van der Waals surface area contributed by atoms with Gasteiger partial charge in [0.1, 0.15) is 0 Å². The third kappa shape index (κ3) is 11.6. The minimum absolute atomic E-state index is 0.0268. The van der Waals surface area contributed by atoms with E-state index in [4.69, 9.17) is 15.2 Å². The summed E-state index contributed by atoms with van der Waals surface area (Å²) in [6, 6.07) is 40.8. The van der Waals surface area contributed by atoms with Gasteiger partial charge in [0.15, 0.2) is 6.29 Å². The number of benzene rings is 5. The molecule has 10 nitrogen and oxygen atoms in total. The second kappa shape index (κ2) is 20.2. The number of rotatable bonds is 17. The maximum absolute atomic E-state index is 12.7. The molecule has 1 saturated heterocycles. The fourth-order valence-corrected chi connectivity index (χ4v) is 7.10. The number of amides is 2. The van der Waals surface area contributed by atoms with Crippen molar-refractivity contribution in [1.29, 1.82) is 0 Å². The molecule has 0 bridgehead atoms. The molecule has 0 saturated carbocycles.